The summed E-state index contributed by atoms with van der Waals surface area (Å²) in [6.07, 6.45) is 6.44. The van der Waals surface area contributed by atoms with Crippen LogP contribution < -0.4 is 10.5 Å². The molecule has 1 fully saturated rings. The number of aryl methyl sites for hydroxylation is 1. The van der Waals surface area contributed by atoms with Gasteiger partial charge in [0, 0.05) is 13.1 Å². The number of nitrogens with zero attached hydrogens (tertiary/aromatic N) is 5. The first-order valence-electron chi connectivity index (χ1n) is 10.1. The molecule has 0 saturated carbocycles. The van der Waals surface area contributed by atoms with E-state index in [0.717, 1.165) is 48.5 Å². The van der Waals surface area contributed by atoms with Gasteiger partial charge in [-0.25, -0.2) is 9.08 Å². The van der Waals surface area contributed by atoms with Crippen LogP contribution >= 0.6 is 0 Å². The highest BCUT2D eigenvalue weighted by Gasteiger charge is 2.22. The highest BCUT2D eigenvalue weighted by molar-refractivity contribution is 5.82. The third-order valence-electron chi connectivity index (χ3n) is 5.44. The second-order valence-electron chi connectivity index (χ2n) is 7.56. The first kappa shape index (κ1) is 17.7. The largest absolute Gasteiger partial charge is 0.341 e. The zero-order valence-electron chi connectivity index (χ0n) is 16.5. The Kier molecular flexibility index (Phi) is 4.39. The molecule has 6 nitrogen and oxygen atoms in total. The second-order valence-corrected chi connectivity index (χ2v) is 7.56. The molecule has 29 heavy (non-hydrogen) atoms. The molecule has 5 rings (SSSR count). The van der Waals surface area contributed by atoms with Crippen molar-refractivity contribution >= 4 is 28.7 Å². The van der Waals surface area contributed by atoms with E-state index in [1.807, 2.05) is 52.4 Å². The van der Waals surface area contributed by atoms with Crippen LogP contribution in [0.3, 0.4) is 0 Å². The Morgan fingerprint density at radius 2 is 1.86 bits per heavy atom. The lowest BCUT2D eigenvalue weighted by Crippen LogP contribution is -2.21. The summed E-state index contributed by atoms with van der Waals surface area (Å²) in [6.45, 7) is 4.50. The fraction of sp³-hybridized carbons (Fsp3) is 0.261. The van der Waals surface area contributed by atoms with Gasteiger partial charge in [-0.2, -0.15) is 4.98 Å². The maximum absolute atomic E-state index is 12.7. The normalized spacial score (nSPS) is 14.6. The number of fused-ring (bicyclic) bond motifs is 3. The minimum absolute atomic E-state index is 0.204. The van der Waals surface area contributed by atoms with Crippen LogP contribution in [-0.4, -0.2) is 32.3 Å². The molecule has 0 atom stereocenters. The van der Waals surface area contributed by atoms with Crippen molar-refractivity contribution in [3.8, 4) is 0 Å². The first-order chi connectivity index (χ1) is 14.2. The van der Waals surface area contributed by atoms with Gasteiger partial charge in [-0.1, -0.05) is 54.1 Å². The number of benzene rings is 2. The number of anilines is 1. The van der Waals surface area contributed by atoms with Gasteiger partial charge >= 0.3 is 0 Å². The van der Waals surface area contributed by atoms with E-state index in [-0.39, 0.29) is 5.56 Å². The molecular formula is C23H23N5O. The lowest BCUT2D eigenvalue weighted by molar-refractivity contribution is 0.712. The van der Waals surface area contributed by atoms with E-state index in [1.165, 1.54) is 0 Å². The molecule has 4 aromatic rings. The summed E-state index contributed by atoms with van der Waals surface area (Å²) in [5.74, 6) is 1.46. The summed E-state index contributed by atoms with van der Waals surface area (Å²) >= 11 is 0. The Morgan fingerprint density at radius 3 is 2.66 bits per heavy atom. The van der Waals surface area contributed by atoms with Crippen molar-refractivity contribution in [3.05, 3.63) is 76.1 Å². The van der Waals surface area contributed by atoms with Crippen molar-refractivity contribution in [1.29, 1.82) is 0 Å². The molecule has 2 aromatic carbocycles. The number of rotatable bonds is 4. The van der Waals surface area contributed by atoms with Crippen LogP contribution in [-0.2, 0) is 6.54 Å². The summed E-state index contributed by atoms with van der Waals surface area (Å²) in [6, 6.07) is 16.1. The minimum atomic E-state index is -0.204. The fourth-order valence-corrected chi connectivity index (χ4v) is 3.99. The van der Waals surface area contributed by atoms with Crippen LogP contribution in [0.25, 0.3) is 22.8 Å². The molecule has 0 amide bonds. The Bertz CT molecular complexity index is 1260. The summed E-state index contributed by atoms with van der Waals surface area (Å²) in [4.78, 5) is 19.4. The van der Waals surface area contributed by atoms with E-state index in [9.17, 15) is 4.79 Å². The Balaban J connectivity index is 1.66. The molecule has 0 N–H and O–H groups in total. The number of hydrogen-bond donors (Lipinski definition) is 0. The molecule has 1 aliphatic heterocycles. The van der Waals surface area contributed by atoms with Gasteiger partial charge in [0.1, 0.15) is 0 Å². The van der Waals surface area contributed by atoms with Gasteiger partial charge in [0.2, 0.25) is 11.7 Å². The highest BCUT2D eigenvalue weighted by atomic mass is 16.1. The molecule has 2 aromatic heterocycles. The maximum Gasteiger partial charge on any atom is 0.282 e. The van der Waals surface area contributed by atoms with E-state index in [4.69, 9.17) is 5.10 Å². The quantitative estimate of drug-likeness (QED) is 0.538. The molecule has 0 unspecified atom stereocenters. The van der Waals surface area contributed by atoms with Crippen LogP contribution in [0, 0.1) is 6.92 Å². The van der Waals surface area contributed by atoms with Gasteiger partial charge in [0.25, 0.3) is 5.56 Å². The molecular weight excluding hydrogens is 362 g/mol. The Morgan fingerprint density at radius 1 is 1.07 bits per heavy atom. The van der Waals surface area contributed by atoms with Gasteiger partial charge < -0.3 is 4.90 Å². The number of aromatic nitrogens is 4. The van der Waals surface area contributed by atoms with Gasteiger partial charge in [0.05, 0.1) is 17.4 Å². The second kappa shape index (κ2) is 7.20. The molecule has 0 bridgehead atoms. The van der Waals surface area contributed by atoms with Crippen LogP contribution in [0.5, 0.6) is 0 Å². The van der Waals surface area contributed by atoms with Crippen molar-refractivity contribution in [3.63, 3.8) is 0 Å². The van der Waals surface area contributed by atoms with Crippen molar-refractivity contribution in [1.82, 2.24) is 19.2 Å². The van der Waals surface area contributed by atoms with E-state index in [1.54, 1.807) is 0 Å². The van der Waals surface area contributed by atoms with Gasteiger partial charge in [-0.15, -0.1) is 5.10 Å². The first-order valence-corrected chi connectivity index (χ1v) is 10.1. The molecule has 0 spiro atoms. The predicted molar refractivity (Wildman–Crippen MR) is 116 cm³/mol. The van der Waals surface area contributed by atoms with Gasteiger partial charge in [0.15, 0.2) is 0 Å². The molecule has 1 saturated heterocycles. The van der Waals surface area contributed by atoms with E-state index < -0.39 is 0 Å². The van der Waals surface area contributed by atoms with E-state index in [0.29, 0.717) is 17.7 Å². The molecule has 146 valence electrons. The SMILES string of the molecule is Cc1ccc2c(c1)c(=O)nc1n(C/C=C/c3ccccc3)nc(N3CCCC3)n21. The number of allylic oxidation sites excluding steroid dienone is 1. The predicted octanol–water partition coefficient (Wildman–Crippen LogP) is 3.67. The fourth-order valence-electron chi connectivity index (χ4n) is 3.99. The molecule has 6 heteroatoms. The van der Waals surface area contributed by atoms with Crippen LogP contribution in [0.15, 0.2) is 59.4 Å². The van der Waals surface area contributed by atoms with Crippen molar-refractivity contribution in [2.45, 2.75) is 26.3 Å². The van der Waals surface area contributed by atoms with Gasteiger partial charge in [-0.3, -0.25) is 4.79 Å². The average molecular weight is 385 g/mol. The third-order valence-corrected chi connectivity index (χ3v) is 5.44. The summed E-state index contributed by atoms with van der Waals surface area (Å²) in [5, 5.41) is 5.51. The Labute approximate surface area is 168 Å². The van der Waals surface area contributed by atoms with Crippen LogP contribution in [0.4, 0.5) is 5.95 Å². The average Bonchev–Trinajstić information content (AvgIpc) is 3.38. The topological polar surface area (TPSA) is 55.4 Å². The van der Waals surface area contributed by atoms with Crippen LogP contribution in [0.2, 0.25) is 0 Å². The minimum Gasteiger partial charge on any atom is -0.341 e. The molecule has 0 aliphatic carbocycles. The van der Waals surface area contributed by atoms with Crippen molar-refractivity contribution < 1.29 is 0 Å². The van der Waals surface area contributed by atoms with E-state index in [2.05, 4.69) is 34.2 Å². The Hall–Kier alpha value is -3.41. The maximum atomic E-state index is 12.7. The van der Waals surface area contributed by atoms with E-state index >= 15 is 0 Å². The summed E-state index contributed by atoms with van der Waals surface area (Å²) < 4.78 is 3.87. The monoisotopic (exact) mass is 385 g/mol. The van der Waals surface area contributed by atoms with Gasteiger partial charge in [-0.05, 0) is 37.5 Å². The molecule has 1 aliphatic rings. The summed E-state index contributed by atoms with van der Waals surface area (Å²) in [5.41, 5.74) is 2.85. The smallest absolute Gasteiger partial charge is 0.282 e. The zero-order valence-corrected chi connectivity index (χ0v) is 16.5. The van der Waals surface area contributed by atoms with Crippen molar-refractivity contribution in [2.75, 3.05) is 18.0 Å². The molecule has 0 radical (unpaired) electrons. The molecule has 3 heterocycles. The summed E-state index contributed by atoms with van der Waals surface area (Å²) in [7, 11) is 0. The standard InChI is InChI=1S/C23H23N5O/c1-17-11-12-20-19(16-17)21(29)24-22-27(15-7-10-18-8-3-2-4-9-18)25-23(28(20)22)26-13-5-6-14-26/h2-4,7-12,16H,5-6,13-15H2,1H3/b10-7+. The number of hydrogen-bond acceptors (Lipinski definition) is 4. The lowest BCUT2D eigenvalue weighted by Gasteiger charge is -2.15. The third kappa shape index (κ3) is 3.20. The lowest BCUT2D eigenvalue weighted by atomic mass is 10.2. The van der Waals surface area contributed by atoms with Crippen molar-refractivity contribution in [2.24, 2.45) is 0 Å². The highest BCUT2D eigenvalue weighted by Crippen LogP contribution is 2.24. The zero-order chi connectivity index (χ0) is 19.8. The van der Waals surface area contributed by atoms with Crippen LogP contribution in [0.1, 0.15) is 24.0 Å².